The van der Waals surface area contributed by atoms with E-state index in [1.165, 1.54) is 4.90 Å². The molecule has 8 heteroatoms. The summed E-state index contributed by atoms with van der Waals surface area (Å²) in [6.45, 7) is 2.95. The Morgan fingerprint density at radius 3 is 2.77 bits per heavy atom. The van der Waals surface area contributed by atoms with Gasteiger partial charge in [-0.3, -0.25) is 9.48 Å². The number of aromatic amines is 1. The maximum absolute atomic E-state index is 12.0. The smallest absolute Gasteiger partial charge is 0.407 e. The summed E-state index contributed by atoms with van der Waals surface area (Å²) >= 11 is 0. The zero-order valence-corrected chi connectivity index (χ0v) is 12.4. The Hall–Kier alpha value is -2.51. The molecule has 118 valence electrons. The van der Waals surface area contributed by atoms with Crippen LogP contribution >= 0.6 is 0 Å². The molecule has 1 saturated heterocycles. The molecule has 0 saturated carbocycles. The first-order valence-electron chi connectivity index (χ1n) is 7.33. The highest BCUT2D eigenvalue weighted by Crippen LogP contribution is 2.36. The van der Waals surface area contributed by atoms with Crippen LogP contribution in [0.5, 0.6) is 0 Å². The van der Waals surface area contributed by atoms with E-state index in [-0.39, 0.29) is 16.9 Å². The van der Waals surface area contributed by atoms with Crippen LogP contribution in [0.25, 0.3) is 10.9 Å². The van der Waals surface area contributed by atoms with Gasteiger partial charge in [0.15, 0.2) is 5.82 Å². The molecule has 8 nitrogen and oxygen atoms in total. The Morgan fingerprint density at radius 1 is 1.50 bits per heavy atom. The Bertz CT molecular complexity index is 770. The van der Waals surface area contributed by atoms with Gasteiger partial charge in [-0.15, -0.1) is 0 Å². The van der Waals surface area contributed by atoms with Crippen molar-refractivity contribution in [2.75, 3.05) is 18.8 Å². The van der Waals surface area contributed by atoms with Crippen molar-refractivity contribution in [1.82, 2.24) is 19.7 Å². The molecular weight excluding hydrogens is 286 g/mol. The fraction of sp³-hybridized carbons (Fsp3) is 0.500. The van der Waals surface area contributed by atoms with E-state index in [9.17, 15) is 9.59 Å². The molecule has 0 atom stereocenters. The van der Waals surface area contributed by atoms with E-state index in [1.54, 1.807) is 12.3 Å². The first-order chi connectivity index (χ1) is 10.5. The Labute approximate surface area is 126 Å². The molecule has 1 aliphatic rings. The first kappa shape index (κ1) is 14.4. The quantitative estimate of drug-likeness (QED) is 0.770. The Morgan fingerprint density at radius 2 is 2.18 bits per heavy atom. The van der Waals surface area contributed by atoms with Crippen LogP contribution in [0.15, 0.2) is 17.1 Å². The van der Waals surface area contributed by atoms with Gasteiger partial charge >= 0.3 is 6.09 Å². The standard InChI is InChI=1S/C14H19N5O3/c1-2-14(4-7-18(8-5-14)13(21)22)19-9-3-6-16-12(20)10(9)11(15)17-19/h3,6H,2,4-5,7-8H2,1H3,(H2,15,17)(H,16,20)(H,21,22). The van der Waals surface area contributed by atoms with Gasteiger partial charge < -0.3 is 20.7 Å². The molecule has 2 aromatic rings. The highest BCUT2D eigenvalue weighted by atomic mass is 16.4. The largest absolute Gasteiger partial charge is 0.465 e. The highest BCUT2D eigenvalue weighted by molar-refractivity contribution is 5.88. The third-order valence-corrected chi connectivity index (χ3v) is 4.70. The van der Waals surface area contributed by atoms with Crippen LogP contribution in [0.2, 0.25) is 0 Å². The van der Waals surface area contributed by atoms with Crippen LogP contribution < -0.4 is 11.3 Å². The van der Waals surface area contributed by atoms with Crippen LogP contribution in [0, 0.1) is 0 Å². The van der Waals surface area contributed by atoms with Gasteiger partial charge in [-0.05, 0) is 25.3 Å². The van der Waals surface area contributed by atoms with Gasteiger partial charge in [-0.25, -0.2) is 4.79 Å². The van der Waals surface area contributed by atoms with Crippen LogP contribution in [0.1, 0.15) is 26.2 Å². The minimum Gasteiger partial charge on any atom is -0.465 e. The summed E-state index contributed by atoms with van der Waals surface area (Å²) in [5.41, 5.74) is 6.05. The number of carboxylic acid groups (broad SMARTS) is 1. The van der Waals surface area contributed by atoms with Crippen LogP contribution in [0.3, 0.4) is 0 Å². The summed E-state index contributed by atoms with van der Waals surface area (Å²) in [5.74, 6) is 0.213. The number of anilines is 1. The van der Waals surface area contributed by atoms with E-state index in [4.69, 9.17) is 10.8 Å². The molecule has 0 aliphatic carbocycles. The number of amides is 1. The Kier molecular flexibility index (Phi) is 3.31. The second-order valence-corrected chi connectivity index (χ2v) is 5.71. The number of hydrogen-bond donors (Lipinski definition) is 3. The van der Waals surface area contributed by atoms with Crippen LogP contribution in [-0.2, 0) is 5.54 Å². The zero-order chi connectivity index (χ0) is 15.9. The number of likely N-dealkylation sites (tertiary alicyclic amines) is 1. The molecule has 1 amide bonds. The number of nitrogens with one attached hydrogen (secondary N) is 1. The van der Waals surface area contributed by atoms with Gasteiger partial charge in [0.25, 0.3) is 5.56 Å². The number of aromatic nitrogens is 3. The molecule has 0 radical (unpaired) electrons. The van der Waals surface area contributed by atoms with E-state index in [2.05, 4.69) is 10.1 Å². The van der Waals surface area contributed by atoms with Gasteiger partial charge in [0, 0.05) is 19.3 Å². The minimum absolute atomic E-state index is 0.213. The minimum atomic E-state index is -0.897. The van der Waals surface area contributed by atoms with Gasteiger partial charge in [-0.2, -0.15) is 5.10 Å². The second kappa shape index (κ2) is 5.04. The molecule has 3 heterocycles. The summed E-state index contributed by atoms with van der Waals surface area (Å²) in [6, 6.07) is 1.79. The zero-order valence-electron chi connectivity index (χ0n) is 12.4. The van der Waals surface area contributed by atoms with Crippen molar-refractivity contribution in [1.29, 1.82) is 0 Å². The lowest BCUT2D eigenvalue weighted by Gasteiger charge is -2.41. The van der Waals surface area contributed by atoms with Crippen LogP contribution in [-0.4, -0.2) is 44.0 Å². The van der Waals surface area contributed by atoms with Gasteiger partial charge in [0.05, 0.1) is 11.1 Å². The summed E-state index contributed by atoms with van der Waals surface area (Å²) in [5, 5.41) is 13.9. The van der Waals surface area contributed by atoms with Gasteiger partial charge in [0.1, 0.15) is 5.39 Å². The fourth-order valence-corrected chi connectivity index (χ4v) is 3.29. The van der Waals surface area contributed by atoms with E-state index in [0.717, 1.165) is 6.42 Å². The molecule has 0 spiro atoms. The van der Waals surface area contributed by atoms with E-state index >= 15 is 0 Å². The lowest BCUT2D eigenvalue weighted by atomic mass is 9.85. The molecule has 0 aromatic carbocycles. The average Bonchev–Trinajstić information content (AvgIpc) is 2.86. The van der Waals surface area contributed by atoms with Crippen molar-refractivity contribution in [3.8, 4) is 0 Å². The number of H-pyrrole nitrogens is 1. The number of nitrogens with two attached hydrogens (primary N) is 1. The predicted octanol–water partition coefficient (Wildman–Crippen LogP) is 1.19. The molecular formula is C14H19N5O3. The number of rotatable bonds is 2. The SMILES string of the molecule is CCC1(n2nc(N)c3c(=O)[nH]ccc32)CCN(C(=O)O)CC1. The number of hydrogen-bond acceptors (Lipinski definition) is 4. The van der Waals surface area contributed by atoms with Crippen molar-refractivity contribution < 1.29 is 9.90 Å². The van der Waals surface area contributed by atoms with E-state index in [1.807, 2.05) is 11.6 Å². The summed E-state index contributed by atoms with van der Waals surface area (Å²) < 4.78 is 1.83. The Balaban J connectivity index is 2.08. The van der Waals surface area contributed by atoms with Crippen molar-refractivity contribution in [2.24, 2.45) is 0 Å². The number of pyridine rings is 1. The second-order valence-electron chi connectivity index (χ2n) is 5.71. The normalized spacial score (nSPS) is 17.8. The van der Waals surface area contributed by atoms with Crippen molar-refractivity contribution in [3.63, 3.8) is 0 Å². The van der Waals surface area contributed by atoms with Crippen molar-refractivity contribution >= 4 is 22.8 Å². The predicted molar refractivity (Wildman–Crippen MR) is 81.9 cm³/mol. The highest BCUT2D eigenvalue weighted by Gasteiger charge is 2.38. The fourth-order valence-electron chi connectivity index (χ4n) is 3.29. The number of piperidine rings is 1. The maximum Gasteiger partial charge on any atom is 0.407 e. The molecule has 1 fully saturated rings. The van der Waals surface area contributed by atoms with Gasteiger partial charge in [-0.1, -0.05) is 6.92 Å². The monoisotopic (exact) mass is 305 g/mol. The van der Waals surface area contributed by atoms with Crippen LogP contribution in [0.4, 0.5) is 10.6 Å². The van der Waals surface area contributed by atoms with Crippen molar-refractivity contribution in [3.05, 3.63) is 22.6 Å². The summed E-state index contributed by atoms with van der Waals surface area (Å²) in [4.78, 5) is 27.1. The number of fused-ring (bicyclic) bond motifs is 1. The molecule has 22 heavy (non-hydrogen) atoms. The molecule has 0 unspecified atom stereocenters. The van der Waals surface area contributed by atoms with E-state index < -0.39 is 6.09 Å². The maximum atomic E-state index is 12.0. The average molecular weight is 305 g/mol. The number of nitrogen functional groups attached to an aromatic ring is 1. The molecule has 3 rings (SSSR count). The number of nitrogens with zero attached hydrogens (tertiary/aromatic N) is 3. The molecule has 0 bridgehead atoms. The molecule has 4 N–H and O–H groups in total. The topological polar surface area (TPSA) is 117 Å². The number of carbonyl (C=O) groups is 1. The summed E-state index contributed by atoms with van der Waals surface area (Å²) in [7, 11) is 0. The first-order valence-corrected chi connectivity index (χ1v) is 7.33. The lowest BCUT2D eigenvalue weighted by molar-refractivity contribution is 0.0869. The van der Waals surface area contributed by atoms with Gasteiger partial charge in [0.2, 0.25) is 0 Å². The third-order valence-electron chi connectivity index (χ3n) is 4.70. The lowest BCUT2D eigenvalue weighted by Crippen LogP contribution is -2.47. The third kappa shape index (κ3) is 2.02. The summed E-state index contributed by atoms with van der Waals surface area (Å²) in [6.07, 6.45) is 2.78. The van der Waals surface area contributed by atoms with E-state index in [0.29, 0.717) is 36.8 Å². The van der Waals surface area contributed by atoms with Crippen molar-refractivity contribution in [2.45, 2.75) is 31.7 Å². The molecule has 2 aromatic heterocycles. The molecule has 1 aliphatic heterocycles.